The standard InChI is InChI=1S/C16H9ClFNO2/c17-13-7-11(18)6-5-10(13)9-20-16-12-3-1-2-4-14(12)21-15(16)8-19/h1-7H,9H2. The molecule has 3 nitrogen and oxygen atoms in total. The lowest BCUT2D eigenvalue weighted by Gasteiger charge is -2.06. The first-order valence-electron chi connectivity index (χ1n) is 6.17. The van der Waals surface area contributed by atoms with Crippen molar-refractivity contribution in [2.45, 2.75) is 6.61 Å². The molecule has 0 aliphatic carbocycles. The second kappa shape index (κ2) is 5.47. The quantitative estimate of drug-likeness (QED) is 0.706. The van der Waals surface area contributed by atoms with Crippen LogP contribution in [0, 0.1) is 17.1 Å². The predicted octanol–water partition coefficient (Wildman–Crippen LogP) is 4.68. The molecular formula is C16H9ClFNO2. The molecule has 0 aliphatic heterocycles. The van der Waals surface area contributed by atoms with Gasteiger partial charge in [0.05, 0.1) is 10.4 Å². The minimum atomic E-state index is -0.407. The minimum absolute atomic E-state index is 0.106. The lowest BCUT2D eigenvalue weighted by atomic mass is 10.2. The Bertz CT molecular complexity index is 851. The van der Waals surface area contributed by atoms with Gasteiger partial charge in [0.15, 0.2) is 5.75 Å². The summed E-state index contributed by atoms with van der Waals surface area (Å²) in [7, 11) is 0. The fourth-order valence-electron chi connectivity index (χ4n) is 2.03. The number of nitriles is 1. The van der Waals surface area contributed by atoms with Gasteiger partial charge in [0, 0.05) is 5.56 Å². The maximum absolute atomic E-state index is 13.0. The number of ether oxygens (including phenoxy) is 1. The van der Waals surface area contributed by atoms with E-state index < -0.39 is 5.82 Å². The zero-order valence-electron chi connectivity index (χ0n) is 10.8. The Kier molecular flexibility index (Phi) is 3.51. The molecule has 3 aromatic rings. The third-order valence-electron chi connectivity index (χ3n) is 3.04. The van der Waals surface area contributed by atoms with Crippen LogP contribution in [-0.2, 0) is 6.61 Å². The lowest BCUT2D eigenvalue weighted by Crippen LogP contribution is -1.97. The second-order valence-electron chi connectivity index (χ2n) is 4.39. The number of fused-ring (bicyclic) bond motifs is 1. The maximum Gasteiger partial charge on any atom is 0.246 e. The van der Waals surface area contributed by atoms with Crippen LogP contribution in [0.5, 0.6) is 5.75 Å². The number of rotatable bonds is 3. The van der Waals surface area contributed by atoms with Gasteiger partial charge in [-0.1, -0.05) is 29.8 Å². The molecule has 2 aromatic carbocycles. The van der Waals surface area contributed by atoms with Gasteiger partial charge in [0.1, 0.15) is 24.1 Å². The molecule has 0 spiro atoms. The van der Waals surface area contributed by atoms with Gasteiger partial charge in [-0.3, -0.25) is 0 Å². The van der Waals surface area contributed by atoms with E-state index >= 15 is 0 Å². The first-order chi connectivity index (χ1) is 10.2. The highest BCUT2D eigenvalue weighted by atomic mass is 35.5. The van der Waals surface area contributed by atoms with E-state index in [-0.39, 0.29) is 17.4 Å². The molecule has 0 saturated heterocycles. The SMILES string of the molecule is N#Cc1oc2ccccc2c1OCc1ccc(F)cc1Cl. The van der Waals surface area contributed by atoms with Gasteiger partial charge in [0.2, 0.25) is 5.76 Å². The van der Waals surface area contributed by atoms with Crippen molar-refractivity contribution >= 4 is 22.6 Å². The monoisotopic (exact) mass is 301 g/mol. The van der Waals surface area contributed by atoms with Gasteiger partial charge in [-0.05, 0) is 24.3 Å². The number of benzene rings is 2. The Morgan fingerprint density at radius 3 is 2.81 bits per heavy atom. The smallest absolute Gasteiger partial charge is 0.246 e. The Morgan fingerprint density at radius 1 is 1.24 bits per heavy atom. The van der Waals surface area contributed by atoms with Gasteiger partial charge < -0.3 is 9.15 Å². The first kappa shape index (κ1) is 13.5. The molecule has 5 heteroatoms. The number of nitrogens with zero attached hydrogens (tertiary/aromatic N) is 1. The molecule has 104 valence electrons. The summed E-state index contributed by atoms with van der Waals surface area (Å²) >= 11 is 5.95. The molecule has 0 amide bonds. The molecule has 0 bridgehead atoms. The summed E-state index contributed by atoms with van der Waals surface area (Å²) in [5.41, 5.74) is 1.21. The first-order valence-corrected chi connectivity index (χ1v) is 6.55. The van der Waals surface area contributed by atoms with E-state index in [4.69, 9.17) is 26.0 Å². The zero-order valence-corrected chi connectivity index (χ0v) is 11.5. The molecule has 0 atom stereocenters. The number of hydrogen-bond donors (Lipinski definition) is 0. The number of hydrogen-bond acceptors (Lipinski definition) is 3. The zero-order chi connectivity index (χ0) is 14.8. The average Bonchev–Trinajstić information content (AvgIpc) is 2.84. The topological polar surface area (TPSA) is 46.2 Å². The van der Waals surface area contributed by atoms with Gasteiger partial charge in [-0.15, -0.1) is 0 Å². The Morgan fingerprint density at radius 2 is 2.05 bits per heavy atom. The highest BCUT2D eigenvalue weighted by Crippen LogP contribution is 2.33. The van der Waals surface area contributed by atoms with Crippen LogP contribution < -0.4 is 4.74 Å². The third kappa shape index (κ3) is 2.56. The summed E-state index contributed by atoms with van der Waals surface area (Å²) in [5.74, 6) is 0.0677. The summed E-state index contributed by atoms with van der Waals surface area (Å²) in [6.45, 7) is 0.122. The van der Waals surface area contributed by atoms with Crippen molar-refractivity contribution in [3.63, 3.8) is 0 Å². The molecule has 0 unspecified atom stereocenters. The molecule has 0 aliphatic rings. The van der Waals surface area contributed by atoms with Crippen molar-refractivity contribution < 1.29 is 13.5 Å². The Hall–Kier alpha value is -2.51. The lowest BCUT2D eigenvalue weighted by molar-refractivity contribution is 0.303. The summed E-state index contributed by atoms with van der Waals surface area (Å²) in [5, 5.41) is 10.1. The van der Waals surface area contributed by atoms with Crippen LogP contribution >= 0.6 is 11.6 Å². The molecule has 0 saturated carbocycles. The second-order valence-corrected chi connectivity index (χ2v) is 4.80. The summed E-state index contributed by atoms with van der Waals surface area (Å²) < 4.78 is 24.1. The molecule has 1 heterocycles. The van der Waals surface area contributed by atoms with E-state index in [1.807, 2.05) is 18.2 Å². The maximum atomic E-state index is 13.0. The van der Waals surface area contributed by atoms with Crippen molar-refractivity contribution in [3.8, 4) is 11.8 Å². The molecule has 3 rings (SSSR count). The van der Waals surface area contributed by atoms with Gasteiger partial charge in [-0.25, -0.2) is 4.39 Å². The van der Waals surface area contributed by atoms with Crippen molar-refractivity contribution in [2.24, 2.45) is 0 Å². The molecule has 0 N–H and O–H groups in total. The van der Waals surface area contributed by atoms with E-state index in [9.17, 15) is 4.39 Å². The van der Waals surface area contributed by atoms with Crippen LogP contribution in [0.25, 0.3) is 11.0 Å². The number of furan rings is 1. The van der Waals surface area contributed by atoms with Crippen LogP contribution in [0.4, 0.5) is 4.39 Å². The van der Waals surface area contributed by atoms with Crippen LogP contribution in [0.3, 0.4) is 0 Å². The van der Waals surface area contributed by atoms with Gasteiger partial charge in [-0.2, -0.15) is 5.26 Å². The van der Waals surface area contributed by atoms with E-state index in [1.54, 1.807) is 18.2 Å². The van der Waals surface area contributed by atoms with Crippen molar-refractivity contribution in [1.29, 1.82) is 5.26 Å². The van der Waals surface area contributed by atoms with E-state index in [0.717, 1.165) is 0 Å². The minimum Gasteiger partial charge on any atom is -0.483 e. The van der Waals surface area contributed by atoms with Gasteiger partial charge in [0.25, 0.3) is 0 Å². The fraction of sp³-hybridized carbons (Fsp3) is 0.0625. The van der Waals surface area contributed by atoms with E-state index in [1.165, 1.54) is 12.1 Å². The number of halogens is 2. The Labute approximate surface area is 125 Å². The van der Waals surface area contributed by atoms with Crippen molar-refractivity contribution in [2.75, 3.05) is 0 Å². The highest BCUT2D eigenvalue weighted by molar-refractivity contribution is 6.31. The fourth-order valence-corrected chi connectivity index (χ4v) is 2.25. The largest absolute Gasteiger partial charge is 0.483 e. The predicted molar refractivity (Wildman–Crippen MR) is 76.7 cm³/mol. The molecule has 0 fully saturated rings. The van der Waals surface area contributed by atoms with E-state index in [2.05, 4.69) is 0 Å². The number of para-hydroxylation sites is 1. The summed E-state index contributed by atoms with van der Waals surface area (Å²) in [6, 6.07) is 13.2. The van der Waals surface area contributed by atoms with E-state index in [0.29, 0.717) is 22.3 Å². The van der Waals surface area contributed by atoms with Crippen LogP contribution in [0.15, 0.2) is 46.9 Å². The molecular weight excluding hydrogens is 293 g/mol. The third-order valence-corrected chi connectivity index (χ3v) is 3.39. The molecule has 1 aromatic heterocycles. The Balaban J connectivity index is 1.93. The average molecular weight is 302 g/mol. The van der Waals surface area contributed by atoms with Crippen LogP contribution in [0.1, 0.15) is 11.3 Å². The summed E-state index contributed by atoms with van der Waals surface area (Å²) in [6.07, 6.45) is 0. The van der Waals surface area contributed by atoms with Crippen LogP contribution in [-0.4, -0.2) is 0 Å². The van der Waals surface area contributed by atoms with Crippen LogP contribution in [0.2, 0.25) is 5.02 Å². The normalized spacial score (nSPS) is 10.5. The summed E-state index contributed by atoms with van der Waals surface area (Å²) in [4.78, 5) is 0. The molecule has 21 heavy (non-hydrogen) atoms. The molecule has 0 radical (unpaired) electrons. The van der Waals surface area contributed by atoms with Gasteiger partial charge >= 0.3 is 0 Å². The highest BCUT2D eigenvalue weighted by Gasteiger charge is 2.15. The van der Waals surface area contributed by atoms with Crippen molar-refractivity contribution in [3.05, 3.63) is 64.6 Å². The van der Waals surface area contributed by atoms with Crippen molar-refractivity contribution in [1.82, 2.24) is 0 Å².